The normalized spacial score (nSPS) is 14.4. The summed E-state index contributed by atoms with van der Waals surface area (Å²) in [4.78, 5) is 18.5. The van der Waals surface area contributed by atoms with Crippen molar-refractivity contribution in [2.24, 2.45) is 0 Å². The zero-order valence-corrected chi connectivity index (χ0v) is 18.5. The molecule has 2 unspecified atom stereocenters. The summed E-state index contributed by atoms with van der Waals surface area (Å²) < 4.78 is 47.6. The van der Waals surface area contributed by atoms with Crippen molar-refractivity contribution in [3.63, 3.8) is 0 Å². The number of nitrogens with zero attached hydrogens (tertiary/aromatic N) is 2. The molecule has 0 aliphatic carbocycles. The molecule has 2 heterocycles. The Labute approximate surface area is 196 Å². The van der Waals surface area contributed by atoms with Crippen LogP contribution in [0.4, 0.5) is 13.2 Å². The summed E-state index contributed by atoms with van der Waals surface area (Å²) in [6, 6.07) is 8.93. The van der Waals surface area contributed by atoms with E-state index in [-0.39, 0.29) is 33.7 Å². The number of carboxylic acid groups (broad SMARTS) is 1. The summed E-state index contributed by atoms with van der Waals surface area (Å²) >= 11 is 12.0. The van der Waals surface area contributed by atoms with Crippen LogP contribution in [0.25, 0.3) is 0 Å². The highest BCUT2D eigenvalue weighted by atomic mass is 35.5. The fourth-order valence-electron chi connectivity index (χ4n) is 3.27. The minimum Gasteiger partial charge on any atom is -0.487 e. The first kappa shape index (κ1) is 24.8. The van der Waals surface area contributed by atoms with Crippen molar-refractivity contribution in [3.8, 4) is 5.75 Å². The first-order valence-corrected chi connectivity index (χ1v) is 10.2. The second-order valence-electron chi connectivity index (χ2n) is 7.17. The van der Waals surface area contributed by atoms with Crippen molar-refractivity contribution >= 4 is 29.2 Å². The lowest BCUT2D eigenvalue weighted by Crippen LogP contribution is -2.46. The van der Waals surface area contributed by atoms with E-state index in [1.165, 1.54) is 43.5 Å². The lowest BCUT2D eigenvalue weighted by atomic mass is 9.78. The first-order chi connectivity index (χ1) is 15.4. The van der Waals surface area contributed by atoms with Gasteiger partial charge in [0.25, 0.3) is 0 Å². The Kier molecular flexibility index (Phi) is 7.16. The standard InChI is InChI=1S/C22H17Cl2F3N2O4/c1-12(21(32,22(25,26)27)14-6-7-28-19(24)8-14)17-5-4-16(9-18(17)23)33-11-15-3-2-13(10-29-15)20(30)31/h2-10,12,32H,11H2,1H3,(H,30,31). The third-order valence-corrected chi connectivity index (χ3v) is 5.66. The van der Waals surface area contributed by atoms with Gasteiger partial charge in [-0.1, -0.05) is 36.2 Å². The average molecular weight is 501 g/mol. The number of aromatic carboxylic acids is 1. The van der Waals surface area contributed by atoms with Crippen molar-refractivity contribution in [2.75, 3.05) is 0 Å². The Morgan fingerprint density at radius 2 is 1.85 bits per heavy atom. The van der Waals surface area contributed by atoms with E-state index in [2.05, 4.69) is 9.97 Å². The number of alkyl halides is 3. The molecule has 2 N–H and O–H groups in total. The van der Waals surface area contributed by atoms with Crippen LogP contribution >= 0.6 is 23.2 Å². The van der Waals surface area contributed by atoms with Crippen LogP contribution < -0.4 is 4.74 Å². The van der Waals surface area contributed by atoms with Crippen LogP contribution in [0, 0.1) is 0 Å². The van der Waals surface area contributed by atoms with Gasteiger partial charge in [0.15, 0.2) is 5.60 Å². The molecule has 3 rings (SSSR count). The number of aromatic nitrogens is 2. The molecule has 0 fully saturated rings. The number of aliphatic hydroxyl groups is 1. The molecular weight excluding hydrogens is 484 g/mol. The molecule has 6 nitrogen and oxygen atoms in total. The van der Waals surface area contributed by atoms with Crippen LogP contribution in [0.3, 0.4) is 0 Å². The molecule has 2 aromatic heterocycles. The first-order valence-electron chi connectivity index (χ1n) is 9.45. The van der Waals surface area contributed by atoms with Gasteiger partial charge < -0.3 is 14.9 Å². The van der Waals surface area contributed by atoms with Gasteiger partial charge in [0.1, 0.15) is 17.5 Å². The van der Waals surface area contributed by atoms with Crippen molar-refractivity contribution < 1.29 is 32.9 Å². The van der Waals surface area contributed by atoms with Crippen molar-refractivity contribution in [1.82, 2.24) is 9.97 Å². The molecule has 1 aromatic carbocycles. The van der Waals surface area contributed by atoms with Gasteiger partial charge in [-0.25, -0.2) is 9.78 Å². The summed E-state index contributed by atoms with van der Waals surface area (Å²) in [6.07, 6.45) is -2.78. The predicted molar refractivity (Wildman–Crippen MR) is 115 cm³/mol. The van der Waals surface area contributed by atoms with E-state index >= 15 is 0 Å². The SMILES string of the molecule is CC(c1ccc(OCc2ccc(C(=O)O)cn2)cc1Cl)C(O)(c1ccnc(Cl)c1)C(F)(F)F. The van der Waals surface area contributed by atoms with Crippen LogP contribution in [-0.4, -0.2) is 32.3 Å². The van der Waals surface area contributed by atoms with Gasteiger partial charge in [0.2, 0.25) is 0 Å². The van der Waals surface area contributed by atoms with E-state index in [1.54, 1.807) is 0 Å². The third kappa shape index (κ3) is 5.21. The average Bonchev–Trinajstić information content (AvgIpc) is 2.76. The van der Waals surface area contributed by atoms with Crippen LogP contribution in [0.1, 0.15) is 40.0 Å². The molecular formula is C22H17Cl2F3N2O4. The number of pyridine rings is 2. The summed E-state index contributed by atoms with van der Waals surface area (Å²) in [6.45, 7) is 1.19. The van der Waals surface area contributed by atoms with Gasteiger partial charge in [0.05, 0.1) is 11.3 Å². The van der Waals surface area contributed by atoms with E-state index in [4.69, 9.17) is 33.0 Å². The smallest absolute Gasteiger partial charge is 0.422 e. The fraction of sp³-hybridized carbons (Fsp3) is 0.227. The minimum absolute atomic E-state index is 0.0207. The molecule has 3 aromatic rings. The topological polar surface area (TPSA) is 92.5 Å². The Hall–Kier alpha value is -2.88. The number of carbonyl (C=O) groups is 1. The molecule has 0 bridgehead atoms. The number of rotatable bonds is 7. The van der Waals surface area contributed by atoms with E-state index in [1.807, 2.05) is 0 Å². The molecule has 0 radical (unpaired) electrons. The molecule has 0 aliphatic rings. The molecule has 0 amide bonds. The van der Waals surface area contributed by atoms with Gasteiger partial charge in [0, 0.05) is 23.3 Å². The van der Waals surface area contributed by atoms with E-state index in [9.17, 15) is 23.1 Å². The van der Waals surface area contributed by atoms with Gasteiger partial charge in [-0.05, 0) is 47.5 Å². The number of hydrogen-bond donors (Lipinski definition) is 2. The highest BCUT2D eigenvalue weighted by molar-refractivity contribution is 6.31. The van der Waals surface area contributed by atoms with E-state index in [0.29, 0.717) is 5.69 Å². The molecule has 2 atom stereocenters. The quantitative estimate of drug-likeness (QED) is 0.409. The Morgan fingerprint density at radius 1 is 1.12 bits per heavy atom. The monoisotopic (exact) mass is 500 g/mol. The second kappa shape index (κ2) is 9.54. The maximum atomic E-state index is 14.0. The van der Waals surface area contributed by atoms with Crippen LogP contribution in [0.2, 0.25) is 10.2 Å². The van der Waals surface area contributed by atoms with E-state index in [0.717, 1.165) is 18.3 Å². The Morgan fingerprint density at radius 3 is 2.39 bits per heavy atom. The fourth-order valence-corrected chi connectivity index (χ4v) is 3.77. The summed E-state index contributed by atoms with van der Waals surface area (Å²) in [5, 5.41) is 19.5. The van der Waals surface area contributed by atoms with Gasteiger partial charge in [-0.3, -0.25) is 4.98 Å². The Bertz CT molecular complexity index is 1160. The summed E-state index contributed by atoms with van der Waals surface area (Å²) in [7, 11) is 0. The van der Waals surface area contributed by atoms with Crippen molar-refractivity contribution in [2.45, 2.75) is 31.2 Å². The lowest BCUT2D eigenvalue weighted by Gasteiger charge is -2.37. The molecule has 11 heteroatoms. The van der Waals surface area contributed by atoms with Gasteiger partial charge in [-0.15, -0.1) is 0 Å². The van der Waals surface area contributed by atoms with Crippen molar-refractivity contribution in [1.29, 1.82) is 0 Å². The zero-order chi connectivity index (χ0) is 24.4. The zero-order valence-electron chi connectivity index (χ0n) is 17.0. The third-order valence-electron chi connectivity index (χ3n) is 5.12. The molecule has 174 valence electrons. The molecule has 0 saturated carbocycles. The molecule has 0 spiro atoms. The maximum absolute atomic E-state index is 14.0. The van der Waals surface area contributed by atoms with E-state index < -0.39 is 29.2 Å². The predicted octanol–water partition coefficient (Wildman–Crippen LogP) is 5.61. The summed E-state index contributed by atoms with van der Waals surface area (Å²) in [5.74, 6) is -2.36. The van der Waals surface area contributed by atoms with Crippen molar-refractivity contribution in [3.05, 3.63) is 87.4 Å². The Balaban J connectivity index is 1.84. The van der Waals surface area contributed by atoms with Crippen LogP contribution in [-0.2, 0) is 12.2 Å². The van der Waals surface area contributed by atoms with Gasteiger partial charge in [-0.2, -0.15) is 13.2 Å². The number of benzene rings is 1. The maximum Gasteiger partial charge on any atom is 0.422 e. The van der Waals surface area contributed by atoms with Crippen LogP contribution in [0.15, 0.2) is 54.9 Å². The largest absolute Gasteiger partial charge is 0.487 e. The minimum atomic E-state index is -5.04. The number of carboxylic acids is 1. The molecule has 0 aliphatic heterocycles. The number of halogens is 5. The highest BCUT2D eigenvalue weighted by Gasteiger charge is 2.59. The molecule has 0 saturated heterocycles. The van der Waals surface area contributed by atoms with Crippen LogP contribution in [0.5, 0.6) is 5.75 Å². The molecule has 33 heavy (non-hydrogen) atoms. The second-order valence-corrected chi connectivity index (χ2v) is 7.96. The summed E-state index contributed by atoms with van der Waals surface area (Å²) in [5.41, 5.74) is -3.24. The van der Waals surface area contributed by atoms with Gasteiger partial charge >= 0.3 is 12.1 Å². The number of ether oxygens (including phenoxy) is 1. The lowest BCUT2D eigenvalue weighted by molar-refractivity contribution is -0.274. The highest BCUT2D eigenvalue weighted by Crippen LogP contribution is 2.50. The number of hydrogen-bond acceptors (Lipinski definition) is 5.